The van der Waals surface area contributed by atoms with Crippen LogP contribution in [0.1, 0.15) is 38.4 Å². The molecule has 0 aliphatic carbocycles. The van der Waals surface area contributed by atoms with Crippen LogP contribution in [0.3, 0.4) is 0 Å². The Hall–Kier alpha value is -4.10. The molecule has 2 atom stereocenters. The van der Waals surface area contributed by atoms with Crippen molar-refractivity contribution in [1.29, 1.82) is 5.41 Å². The maximum Gasteiger partial charge on any atom is 0.252 e. The van der Waals surface area contributed by atoms with Crippen LogP contribution in [0.5, 0.6) is 0 Å². The first kappa shape index (κ1) is 33.9. The van der Waals surface area contributed by atoms with E-state index in [0.717, 1.165) is 27.7 Å². The van der Waals surface area contributed by atoms with Gasteiger partial charge in [-0.1, -0.05) is 36.4 Å². The van der Waals surface area contributed by atoms with E-state index in [1.165, 1.54) is 12.1 Å². The molecule has 2 aromatic carbocycles. The number of nitrogens with two attached hydrogens (primary N) is 5. The lowest BCUT2D eigenvalue weighted by Gasteiger charge is -2.15. The summed E-state index contributed by atoms with van der Waals surface area (Å²) in [5, 5.41) is 42.9. The number of halogens is 1. The number of hydrogen-bond donors (Lipinski definition) is 8. The third-order valence-electron chi connectivity index (χ3n) is 5.45. The number of carbonyl (C=O) groups is 1. The summed E-state index contributed by atoms with van der Waals surface area (Å²) in [4.78, 5) is 10.6. The molecule has 13 N–H and O–H groups in total. The van der Waals surface area contributed by atoms with Crippen LogP contribution in [0.15, 0.2) is 54.6 Å². The zero-order chi connectivity index (χ0) is 30.4. The monoisotopic (exact) mass is 557 g/mol. The van der Waals surface area contributed by atoms with Gasteiger partial charge in [-0.3, -0.25) is 16.6 Å². The fourth-order valence-corrected chi connectivity index (χ4v) is 3.76. The Bertz CT molecular complexity index is 1280. The molecular weight excluding hydrogens is 517 g/mol. The minimum Gasteiger partial charge on any atom is -0.550 e. The number of nitrogens with zero attached hydrogens (tertiary/aromatic N) is 1. The average Bonchev–Trinajstić information content (AvgIpc) is 3.22. The third-order valence-corrected chi connectivity index (χ3v) is 5.45. The van der Waals surface area contributed by atoms with Gasteiger partial charge in [0.25, 0.3) is 5.84 Å². The number of hydrogen-bond acceptors (Lipinski definition) is 7. The molecule has 3 rings (SSSR count). The van der Waals surface area contributed by atoms with Crippen molar-refractivity contribution in [3.05, 3.63) is 66.1 Å². The minimum atomic E-state index is -1.36. The second-order valence-corrected chi connectivity index (χ2v) is 9.15. The molecule has 0 radical (unpaired) electrons. The van der Waals surface area contributed by atoms with Gasteiger partial charge in [0.2, 0.25) is 0 Å². The van der Waals surface area contributed by atoms with Gasteiger partial charge in [-0.25, -0.2) is 4.39 Å². The molecule has 0 saturated carbocycles. The zero-order valence-corrected chi connectivity index (χ0v) is 22.8. The number of carboxylic acid groups (broad SMARTS) is 1. The van der Waals surface area contributed by atoms with Gasteiger partial charge in [0.15, 0.2) is 0 Å². The van der Waals surface area contributed by atoms with Gasteiger partial charge >= 0.3 is 0 Å². The van der Waals surface area contributed by atoms with E-state index in [1.54, 1.807) is 24.3 Å². The van der Waals surface area contributed by atoms with Gasteiger partial charge < -0.3 is 41.9 Å². The van der Waals surface area contributed by atoms with Gasteiger partial charge in [-0.05, 0) is 43.7 Å². The highest BCUT2D eigenvalue weighted by Gasteiger charge is 2.19. The number of carbonyl (C=O) groups excluding carboxylic acids is 1. The Labute approximate surface area is 232 Å². The van der Waals surface area contributed by atoms with Crippen LogP contribution in [0.2, 0.25) is 0 Å². The quantitative estimate of drug-likeness (QED) is 0.116. The lowest BCUT2D eigenvalue weighted by atomic mass is 10.0. The molecule has 0 aliphatic heterocycles. The summed E-state index contributed by atoms with van der Waals surface area (Å²) >= 11 is 0. The lowest BCUT2D eigenvalue weighted by molar-refractivity contribution is -0.307. The summed E-state index contributed by atoms with van der Waals surface area (Å²) in [6.07, 6.45) is 0.450. The predicted molar refractivity (Wildman–Crippen MR) is 154 cm³/mol. The van der Waals surface area contributed by atoms with E-state index in [9.17, 15) is 24.5 Å². The molecule has 0 spiro atoms. The van der Waals surface area contributed by atoms with Crippen molar-refractivity contribution < 1.29 is 29.9 Å². The molecule has 0 saturated heterocycles. The van der Waals surface area contributed by atoms with Gasteiger partial charge in [0, 0.05) is 47.0 Å². The van der Waals surface area contributed by atoms with Crippen molar-refractivity contribution >= 4 is 34.6 Å². The van der Waals surface area contributed by atoms with Gasteiger partial charge in [0.1, 0.15) is 11.7 Å². The molecule has 218 valence electrons. The molecule has 0 unspecified atom stereocenters. The molecule has 11 nitrogen and oxygen atoms in total. The Balaban J connectivity index is 0.000000686. The largest absolute Gasteiger partial charge is 0.550 e. The molecule has 0 bridgehead atoms. The summed E-state index contributed by atoms with van der Waals surface area (Å²) < 4.78 is 15.6. The standard InChI is InChI=1S/C24H26FNO4.2C2H7N3/c1-15(2)26-21-6-4-3-5-20(21)24(16-7-9-17(25)10-8-16)22(26)12-11-18(27)13-19(28)14-23(29)30;2*3-1-2(4)5/h3-12,15,18-19,27-28H,13-14H2,1-2H3,(H,29,30);2*1,3H2,(H3,4,5)/b12-11+;;/t18-,19-;;/m0../s1. The molecule has 1 aromatic heterocycles. The van der Waals surface area contributed by atoms with Crippen molar-refractivity contribution in [2.75, 3.05) is 13.1 Å². The van der Waals surface area contributed by atoms with Crippen LogP contribution in [-0.2, 0) is 4.79 Å². The summed E-state index contributed by atoms with van der Waals surface area (Å²) in [5.74, 6) is -1.37. The number of amidine groups is 2. The Morgan fingerprint density at radius 3 is 2.12 bits per heavy atom. The summed E-state index contributed by atoms with van der Waals surface area (Å²) in [5.41, 5.74) is 22.9. The van der Waals surface area contributed by atoms with Crippen molar-refractivity contribution in [2.45, 2.75) is 44.9 Å². The topological polar surface area (TPSA) is 239 Å². The highest BCUT2D eigenvalue weighted by molar-refractivity contribution is 6.01. The van der Waals surface area contributed by atoms with E-state index in [0.29, 0.717) is 0 Å². The Kier molecular flexibility index (Phi) is 14.2. The number of aliphatic carboxylic acids is 1. The summed E-state index contributed by atoms with van der Waals surface area (Å²) in [6, 6.07) is 14.3. The second kappa shape index (κ2) is 16.8. The van der Waals surface area contributed by atoms with Crippen LogP contribution in [0.4, 0.5) is 4.39 Å². The molecule has 12 heteroatoms. The van der Waals surface area contributed by atoms with Gasteiger partial charge in [0.05, 0.1) is 25.3 Å². The zero-order valence-electron chi connectivity index (χ0n) is 22.8. The molecule has 1 heterocycles. The number of carboxylic acids is 1. The molecular formula is C28H40FN7O4. The molecule has 40 heavy (non-hydrogen) atoms. The molecule has 3 aromatic rings. The first-order valence-corrected chi connectivity index (χ1v) is 12.5. The van der Waals surface area contributed by atoms with Crippen LogP contribution >= 0.6 is 0 Å². The van der Waals surface area contributed by atoms with Crippen molar-refractivity contribution in [3.8, 4) is 11.1 Å². The highest BCUT2D eigenvalue weighted by Crippen LogP contribution is 2.38. The Morgan fingerprint density at radius 2 is 1.65 bits per heavy atom. The smallest absolute Gasteiger partial charge is 0.252 e. The highest BCUT2D eigenvalue weighted by atomic mass is 19.1. The van der Waals surface area contributed by atoms with Crippen LogP contribution in [0, 0.1) is 11.2 Å². The number of fused-ring (bicyclic) bond motifs is 1. The van der Waals surface area contributed by atoms with E-state index in [2.05, 4.69) is 18.4 Å². The number of rotatable bonds is 10. The maximum atomic E-state index is 13.5. The van der Waals surface area contributed by atoms with E-state index in [1.807, 2.05) is 24.3 Å². The van der Waals surface area contributed by atoms with Crippen molar-refractivity contribution in [3.63, 3.8) is 0 Å². The first-order chi connectivity index (χ1) is 18.8. The van der Waals surface area contributed by atoms with E-state index < -0.39 is 24.6 Å². The van der Waals surface area contributed by atoms with E-state index in [-0.39, 0.29) is 43.0 Å². The van der Waals surface area contributed by atoms with Gasteiger partial charge in [-0.15, -0.1) is 0 Å². The number of nitrogens with one attached hydrogen (secondary N) is 1. The van der Waals surface area contributed by atoms with Crippen molar-refractivity contribution in [1.82, 2.24) is 4.57 Å². The number of para-hydroxylation sites is 1. The lowest BCUT2D eigenvalue weighted by Crippen LogP contribution is -2.49. The average molecular weight is 558 g/mol. The SMILES string of the molecule is CC(C)n1c(/C=C/[C@H](O)C[C@H](O)CC(=O)[O-])c(-c2ccc(F)cc2)c2ccccc21.N=C(N)CN.NCC(N)=[NH2+]. The number of aliphatic hydroxyl groups is 2. The maximum absolute atomic E-state index is 13.5. The minimum absolute atomic E-state index is 0.0324. The van der Waals surface area contributed by atoms with Crippen LogP contribution in [0.25, 0.3) is 28.1 Å². The fourth-order valence-electron chi connectivity index (χ4n) is 3.76. The number of aromatic nitrogens is 1. The second-order valence-electron chi connectivity index (χ2n) is 9.15. The van der Waals surface area contributed by atoms with E-state index >= 15 is 0 Å². The Morgan fingerprint density at radius 1 is 1.10 bits per heavy atom. The first-order valence-electron chi connectivity index (χ1n) is 12.5. The van der Waals surface area contributed by atoms with Gasteiger partial charge in [-0.2, -0.15) is 0 Å². The molecule has 0 fully saturated rings. The van der Waals surface area contributed by atoms with Crippen molar-refractivity contribution in [2.24, 2.45) is 22.9 Å². The molecule has 0 amide bonds. The third kappa shape index (κ3) is 10.9. The predicted octanol–water partition coefficient (Wildman–Crippen LogP) is -0.764. The summed E-state index contributed by atoms with van der Waals surface area (Å²) in [7, 11) is 0. The van der Waals surface area contributed by atoms with Crippen LogP contribution in [-0.4, -0.2) is 57.7 Å². The summed E-state index contributed by atoms with van der Waals surface area (Å²) in [6.45, 7) is 4.55. The number of benzene rings is 2. The fraction of sp³-hybridized carbons (Fsp3) is 0.321. The molecule has 0 aliphatic rings. The normalized spacial score (nSPS) is 12.3. The number of aliphatic hydroxyl groups excluding tert-OH is 2. The van der Waals surface area contributed by atoms with E-state index in [4.69, 9.17) is 33.8 Å². The van der Waals surface area contributed by atoms with Crippen LogP contribution < -0.4 is 33.5 Å².